The van der Waals surface area contributed by atoms with Crippen molar-refractivity contribution < 1.29 is 9.53 Å². The maximum atomic E-state index is 12.9. The maximum Gasteiger partial charge on any atom is 0.276 e. The standard InChI is InChI=1S/C19H25N5O2/c1-12(2)26-17-6-4-16(5-7-17)24-13(3)18(21-22-24)19(25)23-10-14-8-20-9-15(14)11-23/h4-7,12,14-15,20H,8-11H2,1-3H3/t14-,15+. The molecule has 0 bridgehead atoms. The van der Waals surface area contributed by atoms with Gasteiger partial charge in [-0.1, -0.05) is 5.21 Å². The molecular formula is C19H25N5O2. The maximum absolute atomic E-state index is 12.9. The van der Waals surface area contributed by atoms with Crippen LogP contribution < -0.4 is 10.1 Å². The lowest BCUT2D eigenvalue weighted by molar-refractivity contribution is 0.0775. The molecule has 26 heavy (non-hydrogen) atoms. The fraction of sp³-hybridized carbons (Fsp3) is 0.526. The van der Waals surface area contributed by atoms with Crippen LogP contribution in [0.15, 0.2) is 24.3 Å². The summed E-state index contributed by atoms with van der Waals surface area (Å²) < 4.78 is 7.38. The quantitative estimate of drug-likeness (QED) is 0.903. The summed E-state index contributed by atoms with van der Waals surface area (Å²) in [7, 11) is 0. The van der Waals surface area contributed by atoms with Gasteiger partial charge < -0.3 is 15.0 Å². The van der Waals surface area contributed by atoms with Gasteiger partial charge in [0.05, 0.1) is 17.5 Å². The Bertz CT molecular complexity index is 787. The molecule has 0 saturated carbocycles. The van der Waals surface area contributed by atoms with Crippen molar-refractivity contribution in [1.82, 2.24) is 25.2 Å². The van der Waals surface area contributed by atoms with Crippen molar-refractivity contribution in [3.05, 3.63) is 35.7 Å². The molecule has 7 nitrogen and oxygen atoms in total. The Kier molecular flexibility index (Phi) is 4.40. The van der Waals surface area contributed by atoms with Gasteiger partial charge >= 0.3 is 0 Å². The molecule has 4 rings (SSSR count). The van der Waals surface area contributed by atoms with E-state index < -0.39 is 0 Å². The Balaban J connectivity index is 1.52. The van der Waals surface area contributed by atoms with E-state index in [0.29, 0.717) is 17.5 Å². The first-order valence-electron chi connectivity index (χ1n) is 9.22. The summed E-state index contributed by atoms with van der Waals surface area (Å²) in [6, 6.07) is 7.68. The van der Waals surface area contributed by atoms with Crippen molar-refractivity contribution in [2.75, 3.05) is 26.2 Å². The molecule has 2 saturated heterocycles. The summed E-state index contributed by atoms with van der Waals surface area (Å²) in [4.78, 5) is 14.8. The van der Waals surface area contributed by atoms with Gasteiger partial charge in [0.15, 0.2) is 5.69 Å². The third-order valence-corrected chi connectivity index (χ3v) is 5.23. The average Bonchev–Trinajstić information content (AvgIpc) is 3.29. The second-order valence-electron chi connectivity index (χ2n) is 7.48. The molecule has 0 unspecified atom stereocenters. The largest absolute Gasteiger partial charge is 0.491 e. The number of hydrogen-bond donors (Lipinski definition) is 1. The van der Waals surface area contributed by atoms with E-state index in [1.165, 1.54) is 0 Å². The number of nitrogens with one attached hydrogen (secondary N) is 1. The van der Waals surface area contributed by atoms with Crippen LogP contribution in [0.5, 0.6) is 5.75 Å². The van der Waals surface area contributed by atoms with Crippen LogP contribution in [0.2, 0.25) is 0 Å². The number of likely N-dealkylation sites (tertiary alicyclic amines) is 1. The van der Waals surface area contributed by atoms with Crippen LogP contribution in [-0.4, -0.2) is 58.1 Å². The zero-order valence-electron chi connectivity index (χ0n) is 15.5. The zero-order valence-corrected chi connectivity index (χ0v) is 15.5. The van der Waals surface area contributed by atoms with E-state index in [4.69, 9.17) is 4.74 Å². The van der Waals surface area contributed by atoms with E-state index in [0.717, 1.165) is 43.3 Å². The van der Waals surface area contributed by atoms with Gasteiger partial charge in [0.2, 0.25) is 0 Å². The number of hydrogen-bond acceptors (Lipinski definition) is 5. The molecule has 1 aromatic carbocycles. The number of rotatable bonds is 4. The second kappa shape index (κ2) is 6.72. The van der Waals surface area contributed by atoms with Gasteiger partial charge in [0, 0.05) is 26.2 Å². The van der Waals surface area contributed by atoms with Gasteiger partial charge in [-0.15, -0.1) is 5.10 Å². The van der Waals surface area contributed by atoms with Crippen LogP contribution >= 0.6 is 0 Å². The summed E-state index contributed by atoms with van der Waals surface area (Å²) in [6.45, 7) is 9.51. The lowest BCUT2D eigenvalue weighted by Crippen LogP contribution is -2.32. The highest BCUT2D eigenvalue weighted by Crippen LogP contribution is 2.28. The Labute approximate surface area is 153 Å². The lowest BCUT2D eigenvalue weighted by Gasteiger charge is -2.16. The first kappa shape index (κ1) is 17.0. The van der Waals surface area contributed by atoms with Gasteiger partial charge in [-0.3, -0.25) is 4.79 Å². The normalized spacial score (nSPS) is 22.1. The molecule has 0 radical (unpaired) electrons. The predicted molar refractivity (Wildman–Crippen MR) is 97.6 cm³/mol. The average molecular weight is 355 g/mol. The minimum Gasteiger partial charge on any atom is -0.491 e. The van der Waals surface area contributed by atoms with Crippen molar-refractivity contribution in [3.63, 3.8) is 0 Å². The first-order valence-corrected chi connectivity index (χ1v) is 9.22. The van der Waals surface area contributed by atoms with Crippen molar-refractivity contribution in [2.24, 2.45) is 11.8 Å². The van der Waals surface area contributed by atoms with Crippen molar-refractivity contribution in [2.45, 2.75) is 26.9 Å². The summed E-state index contributed by atoms with van der Waals surface area (Å²) >= 11 is 0. The van der Waals surface area contributed by atoms with Crippen LogP contribution in [0.4, 0.5) is 0 Å². The van der Waals surface area contributed by atoms with E-state index in [2.05, 4.69) is 15.6 Å². The summed E-state index contributed by atoms with van der Waals surface area (Å²) in [6.07, 6.45) is 0.133. The highest BCUT2D eigenvalue weighted by Gasteiger charge is 2.39. The van der Waals surface area contributed by atoms with E-state index >= 15 is 0 Å². The Morgan fingerprint density at radius 2 is 1.85 bits per heavy atom. The molecule has 2 aromatic rings. The molecule has 3 heterocycles. The summed E-state index contributed by atoms with van der Waals surface area (Å²) in [5.74, 6) is 1.95. The van der Waals surface area contributed by atoms with Gasteiger partial charge in [0.1, 0.15) is 5.75 Å². The highest BCUT2D eigenvalue weighted by molar-refractivity contribution is 5.93. The number of nitrogens with zero attached hydrogens (tertiary/aromatic N) is 4. The summed E-state index contributed by atoms with van der Waals surface area (Å²) in [5, 5.41) is 11.8. The van der Waals surface area contributed by atoms with E-state index in [-0.39, 0.29) is 12.0 Å². The Morgan fingerprint density at radius 1 is 1.19 bits per heavy atom. The van der Waals surface area contributed by atoms with Gasteiger partial charge in [-0.2, -0.15) is 0 Å². The minimum atomic E-state index is -0.0112. The molecule has 2 atom stereocenters. The van der Waals surface area contributed by atoms with Crippen molar-refractivity contribution in [1.29, 1.82) is 0 Å². The summed E-state index contributed by atoms with van der Waals surface area (Å²) in [5.41, 5.74) is 2.08. The molecule has 138 valence electrons. The number of carbonyl (C=O) groups excluding carboxylic acids is 1. The Hall–Kier alpha value is -2.41. The van der Waals surface area contributed by atoms with Gasteiger partial charge in [-0.05, 0) is 56.9 Å². The molecule has 1 aromatic heterocycles. The number of aromatic nitrogens is 3. The number of amides is 1. The molecule has 2 aliphatic heterocycles. The zero-order chi connectivity index (χ0) is 18.3. The minimum absolute atomic E-state index is 0.0112. The van der Waals surface area contributed by atoms with Crippen LogP contribution in [0.1, 0.15) is 30.0 Å². The van der Waals surface area contributed by atoms with E-state index in [1.807, 2.05) is 49.9 Å². The number of fused-ring (bicyclic) bond motifs is 1. The van der Waals surface area contributed by atoms with Crippen LogP contribution in [-0.2, 0) is 0 Å². The monoisotopic (exact) mass is 355 g/mol. The third-order valence-electron chi connectivity index (χ3n) is 5.23. The molecule has 0 spiro atoms. The van der Waals surface area contributed by atoms with Crippen LogP contribution in [0.25, 0.3) is 5.69 Å². The fourth-order valence-corrected chi connectivity index (χ4v) is 3.88. The number of benzene rings is 1. The van der Waals surface area contributed by atoms with Gasteiger partial charge in [0.25, 0.3) is 5.91 Å². The van der Waals surface area contributed by atoms with Crippen LogP contribution in [0.3, 0.4) is 0 Å². The molecule has 7 heteroatoms. The SMILES string of the molecule is Cc1c(C(=O)N2C[C@H]3CNC[C@H]3C2)nnn1-c1ccc(OC(C)C)cc1. The van der Waals surface area contributed by atoms with E-state index in [9.17, 15) is 4.79 Å². The lowest BCUT2D eigenvalue weighted by atomic mass is 10.0. The van der Waals surface area contributed by atoms with Gasteiger partial charge in [-0.25, -0.2) is 4.68 Å². The molecule has 2 aliphatic rings. The van der Waals surface area contributed by atoms with Crippen molar-refractivity contribution in [3.8, 4) is 11.4 Å². The van der Waals surface area contributed by atoms with Crippen molar-refractivity contribution >= 4 is 5.91 Å². The Morgan fingerprint density at radius 3 is 2.46 bits per heavy atom. The predicted octanol–water partition coefficient (Wildman–Crippen LogP) is 1.65. The topological polar surface area (TPSA) is 72.3 Å². The van der Waals surface area contributed by atoms with E-state index in [1.54, 1.807) is 4.68 Å². The smallest absolute Gasteiger partial charge is 0.276 e. The molecule has 0 aliphatic carbocycles. The first-order chi connectivity index (χ1) is 12.5. The fourth-order valence-electron chi connectivity index (χ4n) is 3.88. The highest BCUT2D eigenvalue weighted by atomic mass is 16.5. The number of ether oxygens (including phenoxy) is 1. The third kappa shape index (κ3) is 3.07. The molecule has 1 N–H and O–H groups in total. The number of carbonyl (C=O) groups is 1. The molecule has 2 fully saturated rings. The van der Waals surface area contributed by atoms with Crippen LogP contribution in [0, 0.1) is 18.8 Å². The second-order valence-corrected chi connectivity index (χ2v) is 7.48. The molecular weight excluding hydrogens is 330 g/mol. The molecule has 1 amide bonds.